The summed E-state index contributed by atoms with van der Waals surface area (Å²) in [6.45, 7) is 8.28. The third-order valence-corrected chi connectivity index (χ3v) is 8.54. The third-order valence-electron chi connectivity index (χ3n) is 6.63. The van der Waals surface area contributed by atoms with Crippen molar-refractivity contribution in [3.05, 3.63) is 54.1 Å². The van der Waals surface area contributed by atoms with Crippen molar-refractivity contribution < 1.29 is 17.9 Å². The van der Waals surface area contributed by atoms with E-state index in [4.69, 9.17) is 10.1 Å². The zero-order valence-corrected chi connectivity index (χ0v) is 22.1. The lowest BCUT2D eigenvalue weighted by Crippen LogP contribution is -2.48. The van der Waals surface area contributed by atoms with Crippen LogP contribution in [0.3, 0.4) is 0 Å². The predicted octanol–water partition coefficient (Wildman–Crippen LogP) is 3.09. The number of unbranched alkanes of at least 4 members (excludes halogenated alkanes) is 1. The molecular weight excluding hydrogens is 492 g/mol. The highest BCUT2D eigenvalue weighted by atomic mass is 32.2. The first-order valence-corrected chi connectivity index (χ1v) is 14.2. The molecule has 200 valence electrons. The molecule has 11 heteroatoms. The van der Waals surface area contributed by atoms with Gasteiger partial charge >= 0.3 is 6.03 Å². The molecule has 10 nitrogen and oxygen atoms in total. The standard InChI is InChI=1S/C26H36N6O4S/c1-2-3-11-30-12-14-31(15-13-30)25(27)21-5-4-6-23(20-21)29-26(33)28-22-7-9-24(10-8-22)37(34,35)32-16-18-36-19-17-32/h4-10,20,27H,2-3,11-19H2,1H3,(H2,28,29,33). The lowest BCUT2D eigenvalue weighted by Gasteiger charge is -2.36. The third kappa shape index (κ3) is 7.07. The number of rotatable bonds is 8. The van der Waals surface area contributed by atoms with Crippen LogP contribution in [0.15, 0.2) is 53.4 Å². The molecule has 37 heavy (non-hydrogen) atoms. The van der Waals surface area contributed by atoms with Gasteiger partial charge in [0.05, 0.1) is 18.1 Å². The van der Waals surface area contributed by atoms with Gasteiger partial charge in [0.15, 0.2) is 0 Å². The van der Waals surface area contributed by atoms with Crippen LogP contribution in [0.25, 0.3) is 0 Å². The highest BCUT2D eigenvalue weighted by molar-refractivity contribution is 7.89. The molecule has 0 atom stereocenters. The van der Waals surface area contributed by atoms with E-state index in [9.17, 15) is 13.2 Å². The molecule has 0 bridgehead atoms. The predicted molar refractivity (Wildman–Crippen MR) is 145 cm³/mol. The van der Waals surface area contributed by atoms with Crippen LogP contribution in [0.1, 0.15) is 25.3 Å². The molecule has 2 aliphatic rings. The van der Waals surface area contributed by atoms with E-state index < -0.39 is 16.1 Å². The maximum absolute atomic E-state index is 12.8. The molecule has 2 aromatic carbocycles. The Morgan fingerprint density at radius 1 is 0.946 bits per heavy atom. The second-order valence-corrected chi connectivity index (χ2v) is 11.2. The van der Waals surface area contributed by atoms with E-state index in [1.54, 1.807) is 24.3 Å². The number of hydrogen-bond acceptors (Lipinski definition) is 6. The highest BCUT2D eigenvalue weighted by Gasteiger charge is 2.26. The molecule has 0 unspecified atom stereocenters. The van der Waals surface area contributed by atoms with Crippen LogP contribution in [-0.2, 0) is 14.8 Å². The second kappa shape index (κ2) is 12.5. The number of urea groups is 1. The lowest BCUT2D eigenvalue weighted by atomic mass is 10.1. The van der Waals surface area contributed by atoms with Crippen molar-refractivity contribution in [3.8, 4) is 0 Å². The zero-order valence-electron chi connectivity index (χ0n) is 21.3. The van der Waals surface area contributed by atoms with Gasteiger partial charge in [-0.15, -0.1) is 0 Å². The van der Waals surface area contributed by atoms with Gasteiger partial charge in [-0.1, -0.05) is 25.5 Å². The van der Waals surface area contributed by atoms with Crippen molar-refractivity contribution in [1.29, 1.82) is 5.41 Å². The first kappa shape index (κ1) is 27.1. The normalized spacial score (nSPS) is 17.4. The van der Waals surface area contributed by atoms with Gasteiger partial charge in [-0.3, -0.25) is 10.3 Å². The van der Waals surface area contributed by atoms with E-state index in [0.717, 1.165) is 38.3 Å². The van der Waals surface area contributed by atoms with Crippen LogP contribution in [0.5, 0.6) is 0 Å². The van der Waals surface area contributed by atoms with Gasteiger partial charge in [0.1, 0.15) is 5.84 Å². The fourth-order valence-corrected chi connectivity index (χ4v) is 5.85. The Balaban J connectivity index is 1.31. The van der Waals surface area contributed by atoms with Gasteiger partial charge in [0.25, 0.3) is 0 Å². The highest BCUT2D eigenvalue weighted by Crippen LogP contribution is 2.20. The van der Waals surface area contributed by atoms with E-state index in [1.165, 1.54) is 29.3 Å². The molecule has 0 saturated carbocycles. The minimum atomic E-state index is -3.59. The van der Waals surface area contributed by atoms with Crippen LogP contribution in [-0.4, -0.2) is 93.4 Å². The summed E-state index contributed by atoms with van der Waals surface area (Å²) in [5.74, 6) is 0.455. The Morgan fingerprint density at radius 3 is 2.30 bits per heavy atom. The van der Waals surface area contributed by atoms with E-state index in [2.05, 4.69) is 27.4 Å². The molecule has 4 rings (SSSR count). The maximum Gasteiger partial charge on any atom is 0.323 e. The minimum absolute atomic E-state index is 0.178. The van der Waals surface area contributed by atoms with Gasteiger partial charge in [-0.25, -0.2) is 13.2 Å². The number of hydrogen-bond donors (Lipinski definition) is 3. The summed E-state index contributed by atoms with van der Waals surface area (Å²) in [6, 6.07) is 12.9. The molecule has 2 amide bonds. The number of amidine groups is 1. The molecule has 2 fully saturated rings. The Labute approximate surface area is 219 Å². The van der Waals surface area contributed by atoms with E-state index in [0.29, 0.717) is 43.5 Å². The summed E-state index contributed by atoms with van der Waals surface area (Å²) >= 11 is 0. The summed E-state index contributed by atoms with van der Waals surface area (Å²) in [6.07, 6.45) is 2.39. The summed E-state index contributed by atoms with van der Waals surface area (Å²) in [4.78, 5) is 17.3. The molecule has 0 aliphatic carbocycles. The number of carbonyl (C=O) groups is 1. The zero-order chi connectivity index (χ0) is 26.3. The Bertz CT molecular complexity index is 1170. The first-order valence-electron chi connectivity index (χ1n) is 12.8. The van der Waals surface area contributed by atoms with Crippen LogP contribution < -0.4 is 10.6 Å². The Morgan fingerprint density at radius 2 is 1.62 bits per heavy atom. The molecule has 2 aromatic rings. The number of sulfonamides is 1. The molecule has 2 saturated heterocycles. The fourth-order valence-electron chi connectivity index (χ4n) is 4.44. The molecule has 0 radical (unpaired) electrons. The topological polar surface area (TPSA) is 118 Å². The second-order valence-electron chi connectivity index (χ2n) is 9.23. The fraction of sp³-hybridized carbons (Fsp3) is 0.462. The average molecular weight is 529 g/mol. The number of morpholine rings is 1. The number of amides is 2. The summed E-state index contributed by atoms with van der Waals surface area (Å²) in [5, 5.41) is 14.2. The van der Waals surface area contributed by atoms with Crippen LogP contribution >= 0.6 is 0 Å². The van der Waals surface area contributed by atoms with Gasteiger partial charge in [0.2, 0.25) is 10.0 Å². The van der Waals surface area contributed by atoms with Crippen LogP contribution in [0, 0.1) is 5.41 Å². The molecule has 0 aromatic heterocycles. The molecule has 0 spiro atoms. The van der Waals surface area contributed by atoms with Crippen LogP contribution in [0.4, 0.5) is 16.2 Å². The van der Waals surface area contributed by atoms with E-state index >= 15 is 0 Å². The van der Waals surface area contributed by atoms with Crippen molar-refractivity contribution in [1.82, 2.24) is 14.1 Å². The Kier molecular flexibility index (Phi) is 9.14. The molecular formula is C26H36N6O4S. The van der Waals surface area contributed by atoms with Gasteiger partial charge in [0, 0.05) is 56.2 Å². The average Bonchev–Trinajstić information content (AvgIpc) is 2.92. The van der Waals surface area contributed by atoms with Crippen LogP contribution in [0.2, 0.25) is 0 Å². The number of anilines is 2. The first-order chi connectivity index (χ1) is 17.9. The van der Waals surface area contributed by atoms with Crippen molar-refractivity contribution in [2.45, 2.75) is 24.7 Å². The number of carbonyl (C=O) groups excluding carboxylic acids is 1. The number of ether oxygens (including phenoxy) is 1. The SMILES string of the molecule is CCCCN1CCN(C(=N)c2cccc(NC(=O)Nc3ccc(S(=O)(=O)N4CCOCC4)cc3)c2)CC1. The smallest absolute Gasteiger partial charge is 0.323 e. The van der Waals surface area contributed by atoms with E-state index in [1.807, 2.05) is 12.1 Å². The Hall–Kier alpha value is -2.99. The van der Waals surface area contributed by atoms with Gasteiger partial charge < -0.3 is 20.3 Å². The van der Waals surface area contributed by atoms with Gasteiger partial charge in [-0.2, -0.15) is 4.31 Å². The number of nitrogens with one attached hydrogen (secondary N) is 3. The van der Waals surface area contributed by atoms with Crippen molar-refractivity contribution in [2.24, 2.45) is 0 Å². The summed E-state index contributed by atoms with van der Waals surface area (Å²) in [5.41, 5.74) is 1.80. The number of benzene rings is 2. The quantitative estimate of drug-likeness (QED) is 0.358. The number of piperazine rings is 1. The maximum atomic E-state index is 12.8. The van der Waals surface area contributed by atoms with Crippen molar-refractivity contribution in [2.75, 3.05) is 69.7 Å². The monoisotopic (exact) mass is 528 g/mol. The summed E-state index contributed by atoms with van der Waals surface area (Å²) < 4.78 is 32.2. The van der Waals surface area contributed by atoms with Gasteiger partial charge in [-0.05, 0) is 49.4 Å². The molecule has 3 N–H and O–H groups in total. The molecule has 2 aliphatic heterocycles. The van der Waals surface area contributed by atoms with Crippen molar-refractivity contribution in [3.63, 3.8) is 0 Å². The molecule has 2 heterocycles. The summed E-state index contributed by atoms with van der Waals surface area (Å²) in [7, 11) is -3.59. The van der Waals surface area contributed by atoms with Crippen molar-refractivity contribution >= 4 is 33.3 Å². The lowest BCUT2D eigenvalue weighted by molar-refractivity contribution is 0.0730. The minimum Gasteiger partial charge on any atom is -0.379 e. The van der Waals surface area contributed by atoms with E-state index in [-0.39, 0.29) is 4.90 Å². The largest absolute Gasteiger partial charge is 0.379 e. The number of nitrogens with zero attached hydrogens (tertiary/aromatic N) is 3.